The number of hydrogen-bond donors (Lipinski definition) is 1. The van der Waals surface area contributed by atoms with Crippen LogP contribution in [0.25, 0.3) is 0 Å². The van der Waals surface area contributed by atoms with Gasteiger partial charge in [0, 0.05) is 28.8 Å². The smallest absolute Gasteiger partial charge is 0.255 e. The lowest BCUT2D eigenvalue weighted by atomic mass is 10.1. The SMILES string of the molecule is O=C(Nc1ccc2c(c1)OCO2)c1ccc(C2SCCS2)cc1. The summed E-state index contributed by atoms with van der Waals surface area (Å²) in [5.41, 5.74) is 2.63. The minimum Gasteiger partial charge on any atom is -0.454 e. The van der Waals surface area contributed by atoms with Gasteiger partial charge in [0.15, 0.2) is 11.5 Å². The van der Waals surface area contributed by atoms with E-state index in [0.29, 0.717) is 27.3 Å². The maximum absolute atomic E-state index is 12.4. The van der Waals surface area contributed by atoms with Crippen LogP contribution in [0.1, 0.15) is 20.5 Å². The molecule has 0 bridgehead atoms. The Hall–Kier alpha value is -1.79. The van der Waals surface area contributed by atoms with Crippen molar-refractivity contribution in [2.75, 3.05) is 23.6 Å². The monoisotopic (exact) mass is 345 g/mol. The Morgan fingerprint density at radius 3 is 2.52 bits per heavy atom. The van der Waals surface area contributed by atoms with Crippen LogP contribution in [0.4, 0.5) is 5.69 Å². The van der Waals surface area contributed by atoms with Crippen molar-refractivity contribution in [3.05, 3.63) is 53.6 Å². The van der Waals surface area contributed by atoms with Crippen molar-refractivity contribution < 1.29 is 14.3 Å². The molecular weight excluding hydrogens is 330 g/mol. The summed E-state index contributed by atoms with van der Waals surface area (Å²) in [7, 11) is 0. The molecule has 118 valence electrons. The van der Waals surface area contributed by atoms with Gasteiger partial charge in [0.2, 0.25) is 6.79 Å². The number of fused-ring (bicyclic) bond motifs is 1. The van der Waals surface area contributed by atoms with Crippen LogP contribution in [-0.4, -0.2) is 24.2 Å². The van der Waals surface area contributed by atoms with Crippen LogP contribution in [0.2, 0.25) is 0 Å². The van der Waals surface area contributed by atoms with Crippen molar-refractivity contribution in [2.24, 2.45) is 0 Å². The fraction of sp³-hybridized carbons (Fsp3) is 0.235. The topological polar surface area (TPSA) is 47.6 Å². The van der Waals surface area contributed by atoms with E-state index >= 15 is 0 Å². The van der Waals surface area contributed by atoms with Crippen molar-refractivity contribution in [3.63, 3.8) is 0 Å². The van der Waals surface area contributed by atoms with Gasteiger partial charge in [-0.2, -0.15) is 0 Å². The van der Waals surface area contributed by atoms with Crippen molar-refractivity contribution in [1.82, 2.24) is 0 Å². The van der Waals surface area contributed by atoms with E-state index in [-0.39, 0.29) is 12.7 Å². The average Bonchev–Trinajstić information content (AvgIpc) is 3.26. The number of rotatable bonds is 3. The Balaban J connectivity index is 1.46. The number of anilines is 1. The fourth-order valence-electron chi connectivity index (χ4n) is 2.52. The van der Waals surface area contributed by atoms with Crippen molar-refractivity contribution >= 4 is 35.1 Å². The molecule has 2 aromatic rings. The zero-order valence-electron chi connectivity index (χ0n) is 12.3. The first-order valence-corrected chi connectivity index (χ1v) is 9.43. The Morgan fingerprint density at radius 2 is 1.74 bits per heavy atom. The summed E-state index contributed by atoms with van der Waals surface area (Å²) in [4.78, 5) is 12.4. The average molecular weight is 345 g/mol. The summed E-state index contributed by atoms with van der Waals surface area (Å²) < 4.78 is 11.1. The van der Waals surface area contributed by atoms with E-state index in [0.717, 1.165) is 0 Å². The Morgan fingerprint density at radius 1 is 1.00 bits per heavy atom. The first-order chi connectivity index (χ1) is 11.3. The van der Waals surface area contributed by atoms with Gasteiger partial charge in [-0.25, -0.2) is 0 Å². The van der Waals surface area contributed by atoms with Crippen molar-refractivity contribution in [2.45, 2.75) is 4.58 Å². The highest BCUT2D eigenvalue weighted by atomic mass is 32.2. The van der Waals surface area contributed by atoms with Crippen molar-refractivity contribution in [3.8, 4) is 11.5 Å². The van der Waals surface area contributed by atoms with Crippen LogP contribution < -0.4 is 14.8 Å². The Kier molecular flexibility index (Phi) is 4.10. The molecule has 6 heteroatoms. The number of carbonyl (C=O) groups excluding carboxylic acids is 1. The molecule has 1 N–H and O–H groups in total. The van der Waals surface area contributed by atoms with Gasteiger partial charge in [0.25, 0.3) is 5.91 Å². The second kappa shape index (κ2) is 6.37. The zero-order valence-corrected chi connectivity index (χ0v) is 13.9. The molecule has 0 aromatic heterocycles. The lowest BCUT2D eigenvalue weighted by molar-refractivity contribution is 0.102. The predicted molar refractivity (Wildman–Crippen MR) is 94.6 cm³/mol. The molecule has 2 heterocycles. The quantitative estimate of drug-likeness (QED) is 0.906. The highest BCUT2D eigenvalue weighted by molar-refractivity contribution is 8.19. The predicted octanol–water partition coefficient (Wildman–Crippen LogP) is 4.15. The summed E-state index contributed by atoms with van der Waals surface area (Å²) >= 11 is 3.92. The van der Waals surface area contributed by atoms with Crippen LogP contribution in [0.3, 0.4) is 0 Å². The van der Waals surface area contributed by atoms with Gasteiger partial charge in [-0.05, 0) is 29.8 Å². The minimum absolute atomic E-state index is 0.123. The lowest BCUT2D eigenvalue weighted by Gasteiger charge is -2.10. The number of hydrogen-bond acceptors (Lipinski definition) is 5. The van der Waals surface area contributed by atoms with E-state index in [1.165, 1.54) is 17.1 Å². The first kappa shape index (κ1) is 14.8. The zero-order chi connectivity index (χ0) is 15.6. The number of thioether (sulfide) groups is 2. The van der Waals surface area contributed by atoms with Gasteiger partial charge >= 0.3 is 0 Å². The normalized spacial score (nSPS) is 16.5. The molecule has 0 unspecified atom stereocenters. The molecule has 4 rings (SSSR count). The number of ether oxygens (including phenoxy) is 2. The van der Waals surface area contributed by atoms with E-state index in [4.69, 9.17) is 9.47 Å². The van der Waals surface area contributed by atoms with Gasteiger partial charge in [-0.3, -0.25) is 4.79 Å². The summed E-state index contributed by atoms with van der Waals surface area (Å²) in [6.07, 6.45) is 0. The number of benzene rings is 2. The van der Waals surface area contributed by atoms with Crippen LogP contribution in [0.15, 0.2) is 42.5 Å². The van der Waals surface area contributed by atoms with E-state index in [2.05, 4.69) is 5.32 Å². The molecule has 1 saturated heterocycles. The molecule has 2 aromatic carbocycles. The number of carbonyl (C=O) groups is 1. The summed E-state index contributed by atoms with van der Waals surface area (Å²) in [5, 5.41) is 2.89. The first-order valence-electron chi connectivity index (χ1n) is 7.34. The Bertz CT molecular complexity index is 727. The van der Waals surface area contributed by atoms with Gasteiger partial charge in [0.1, 0.15) is 0 Å². The molecule has 23 heavy (non-hydrogen) atoms. The van der Waals surface area contributed by atoms with Crippen LogP contribution >= 0.6 is 23.5 Å². The molecular formula is C17H15NO3S2. The molecule has 0 radical (unpaired) electrons. The third-order valence-electron chi connectivity index (χ3n) is 3.70. The minimum atomic E-state index is -0.123. The molecule has 4 nitrogen and oxygen atoms in total. The molecule has 0 atom stereocenters. The molecule has 1 amide bonds. The van der Waals surface area contributed by atoms with E-state index < -0.39 is 0 Å². The van der Waals surface area contributed by atoms with Crippen LogP contribution in [0, 0.1) is 0 Å². The van der Waals surface area contributed by atoms with E-state index in [1.807, 2.05) is 53.9 Å². The van der Waals surface area contributed by atoms with E-state index in [9.17, 15) is 4.79 Å². The summed E-state index contributed by atoms with van der Waals surface area (Å²) in [6.45, 7) is 0.228. The largest absolute Gasteiger partial charge is 0.454 e. The number of amides is 1. The lowest BCUT2D eigenvalue weighted by Crippen LogP contribution is -2.11. The molecule has 2 aliphatic heterocycles. The molecule has 0 spiro atoms. The van der Waals surface area contributed by atoms with Crippen molar-refractivity contribution in [1.29, 1.82) is 0 Å². The van der Waals surface area contributed by atoms with Crippen LogP contribution in [0.5, 0.6) is 11.5 Å². The summed E-state index contributed by atoms with van der Waals surface area (Å²) in [6, 6.07) is 13.3. The van der Waals surface area contributed by atoms with Crippen LogP contribution in [-0.2, 0) is 0 Å². The Labute approximate surface area is 142 Å². The van der Waals surface area contributed by atoms with Gasteiger partial charge < -0.3 is 14.8 Å². The maximum Gasteiger partial charge on any atom is 0.255 e. The highest BCUT2D eigenvalue weighted by Crippen LogP contribution is 2.45. The molecule has 0 aliphatic carbocycles. The second-order valence-electron chi connectivity index (χ2n) is 5.22. The fourth-order valence-corrected chi connectivity index (χ4v) is 5.38. The second-order valence-corrected chi connectivity index (χ2v) is 7.94. The standard InChI is InChI=1S/C17H15NO3S2/c19-16(18-13-5-6-14-15(9-13)21-10-20-14)11-1-3-12(4-2-11)17-22-7-8-23-17/h1-6,9,17H,7-8,10H2,(H,18,19). The van der Waals surface area contributed by atoms with Gasteiger partial charge in [0.05, 0.1) is 4.58 Å². The van der Waals surface area contributed by atoms with E-state index in [1.54, 1.807) is 12.1 Å². The molecule has 0 saturated carbocycles. The third-order valence-corrected chi connectivity index (χ3v) is 6.80. The summed E-state index contributed by atoms with van der Waals surface area (Å²) in [5.74, 6) is 3.64. The van der Waals surface area contributed by atoms with Gasteiger partial charge in [-0.1, -0.05) is 12.1 Å². The number of nitrogens with one attached hydrogen (secondary N) is 1. The molecule has 1 fully saturated rings. The molecule has 2 aliphatic rings. The third kappa shape index (κ3) is 3.14. The van der Waals surface area contributed by atoms with Gasteiger partial charge in [-0.15, -0.1) is 23.5 Å². The maximum atomic E-state index is 12.4. The highest BCUT2D eigenvalue weighted by Gasteiger charge is 2.19.